The van der Waals surface area contributed by atoms with Gasteiger partial charge in [0.25, 0.3) is 5.91 Å². The lowest BCUT2D eigenvalue weighted by atomic mass is 10.1. The van der Waals surface area contributed by atoms with E-state index in [0.29, 0.717) is 17.1 Å². The number of thioether (sulfide) groups is 1. The van der Waals surface area contributed by atoms with Gasteiger partial charge in [-0.25, -0.2) is 0 Å². The average molecular weight is 349 g/mol. The fourth-order valence-corrected chi connectivity index (χ4v) is 3.85. The molecule has 0 spiro atoms. The lowest BCUT2D eigenvalue weighted by Crippen LogP contribution is -2.36. The maximum Gasteiger partial charge on any atom is 0.252 e. The van der Waals surface area contributed by atoms with Crippen LogP contribution in [0.1, 0.15) is 30.1 Å². The summed E-state index contributed by atoms with van der Waals surface area (Å²) in [6.07, 6.45) is 2.40. The Morgan fingerprint density at radius 2 is 2.39 bits per heavy atom. The zero-order valence-electron chi connectivity index (χ0n) is 10.1. The van der Waals surface area contributed by atoms with Crippen molar-refractivity contribution in [3.63, 3.8) is 0 Å². The molecule has 1 aliphatic rings. The highest BCUT2D eigenvalue weighted by Gasteiger charge is 2.29. The van der Waals surface area contributed by atoms with E-state index in [1.54, 1.807) is 18.2 Å². The predicted molar refractivity (Wildman–Crippen MR) is 81.6 cm³/mol. The van der Waals surface area contributed by atoms with Crippen LogP contribution in [0.4, 0.5) is 0 Å². The Balaban J connectivity index is 2.01. The summed E-state index contributed by atoms with van der Waals surface area (Å²) in [5, 5.41) is 3.57. The summed E-state index contributed by atoms with van der Waals surface area (Å²) in [5.74, 6) is 1.12. The lowest BCUT2D eigenvalue weighted by Gasteiger charge is -2.23. The van der Waals surface area contributed by atoms with Crippen LogP contribution in [0.15, 0.2) is 22.7 Å². The van der Waals surface area contributed by atoms with Gasteiger partial charge in [-0.2, -0.15) is 11.8 Å². The van der Waals surface area contributed by atoms with Gasteiger partial charge in [-0.15, -0.1) is 0 Å². The molecule has 5 heteroatoms. The highest BCUT2D eigenvalue weighted by Crippen LogP contribution is 2.37. The highest BCUT2D eigenvalue weighted by molar-refractivity contribution is 9.10. The molecule has 0 saturated carbocycles. The molecule has 1 fully saturated rings. The first kappa shape index (κ1) is 14.2. The van der Waals surface area contributed by atoms with Gasteiger partial charge in [0.1, 0.15) is 0 Å². The van der Waals surface area contributed by atoms with Gasteiger partial charge in [0.2, 0.25) is 0 Å². The molecule has 1 N–H and O–H groups in total. The lowest BCUT2D eigenvalue weighted by molar-refractivity contribution is 0.0949. The van der Waals surface area contributed by atoms with Crippen molar-refractivity contribution in [1.82, 2.24) is 5.32 Å². The number of hydrogen-bond donors (Lipinski definition) is 1. The van der Waals surface area contributed by atoms with Crippen LogP contribution in [0.2, 0.25) is 5.02 Å². The smallest absolute Gasteiger partial charge is 0.252 e. The fraction of sp³-hybridized carbons (Fsp3) is 0.462. The van der Waals surface area contributed by atoms with E-state index in [0.717, 1.165) is 10.9 Å². The number of carbonyl (C=O) groups excluding carboxylic acids is 1. The third kappa shape index (κ3) is 3.43. The standard InChI is InChI=1S/C13H15BrClNOS/c1-13(5-2-6-18-13)8-16-12(17)10-7-9(15)3-4-11(10)14/h3-4,7H,2,5-6,8H2,1H3,(H,16,17). The minimum Gasteiger partial charge on any atom is -0.351 e. The molecule has 2 nitrogen and oxygen atoms in total. The summed E-state index contributed by atoms with van der Waals surface area (Å²) in [7, 11) is 0. The number of rotatable bonds is 3. The first-order valence-electron chi connectivity index (χ1n) is 5.87. The number of halogens is 2. The van der Waals surface area contributed by atoms with E-state index >= 15 is 0 Å². The Morgan fingerprint density at radius 3 is 3.06 bits per heavy atom. The van der Waals surface area contributed by atoms with Crippen molar-refractivity contribution in [3.05, 3.63) is 33.3 Å². The Labute approximate surface area is 125 Å². The van der Waals surface area contributed by atoms with E-state index in [2.05, 4.69) is 28.2 Å². The molecule has 1 heterocycles. The van der Waals surface area contributed by atoms with Crippen molar-refractivity contribution in [2.24, 2.45) is 0 Å². The molecule has 1 aromatic rings. The quantitative estimate of drug-likeness (QED) is 0.890. The molecule has 0 aliphatic carbocycles. The Hall–Kier alpha value is -0.190. The van der Waals surface area contributed by atoms with Gasteiger partial charge in [0.15, 0.2) is 0 Å². The molecule has 1 aliphatic heterocycles. The molecule has 0 aromatic heterocycles. The monoisotopic (exact) mass is 347 g/mol. The summed E-state index contributed by atoms with van der Waals surface area (Å²) in [6.45, 7) is 2.91. The van der Waals surface area contributed by atoms with Gasteiger partial charge >= 0.3 is 0 Å². The van der Waals surface area contributed by atoms with E-state index in [1.807, 2.05) is 11.8 Å². The third-order valence-electron chi connectivity index (χ3n) is 3.10. The zero-order valence-corrected chi connectivity index (χ0v) is 13.3. The third-order valence-corrected chi connectivity index (χ3v) is 5.56. The second-order valence-corrected chi connectivity index (χ2v) is 7.68. The van der Waals surface area contributed by atoms with Crippen molar-refractivity contribution >= 4 is 45.2 Å². The average Bonchev–Trinajstić information content (AvgIpc) is 2.77. The van der Waals surface area contributed by atoms with Crippen LogP contribution in [0.25, 0.3) is 0 Å². The molecular formula is C13H15BrClNOS. The number of carbonyl (C=O) groups is 1. The number of nitrogens with one attached hydrogen (secondary N) is 1. The van der Waals surface area contributed by atoms with Gasteiger partial charge in [0, 0.05) is 20.8 Å². The van der Waals surface area contributed by atoms with Crippen molar-refractivity contribution < 1.29 is 4.79 Å². The minimum absolute atomic E-state index is 0.0712. The van der Waals surface area contributed by atoms with Gasteiger partial charge in [-0.1, -0.05) is 11.6 Å². The minimum atomic E-state index is -0.0712. The van der Waals surface area contributed by atoms with Crippen LogP contribution in [0.3, 0.4) is 0 Å². The predicted octanol–water partition coefficient (Wildman–Crippen LogP) is 4.12. The Kier molecular flexibility index (Phi) is 4.62. The van der Waals surface area contributed by atoms with Crippen LogP contribution in [-0.4, -0.2) is 23.0 Å². The fourth-order valence-electron chi connectivity index (χ4n) is 2.01. The summed E-state index contributed by atoms with van der Waals surface area (Å²) in [5.41, 5.74) is 0.592. The van der Waals surface area contributed by atoms with Crippen molar-refractivity contribution in [2.45, 2.75) is 24.5 Å². The van der Waals surface area contributed by atoms with E-state index in [4.69, 9.17) is 11.6 Å². The number of hydrogen-bond acceptors (Lipinski definition) is 2. The summed E-state index contributed by atoms with van der Waals surface area (Å²) >= 11 is 11.2. The first-order valence-corrected chi connectivity index (χ1v) is 8.03. The molecule has 1 aromatic carbocycles. The van der Waals surface area contributed by atoms with Crippen molar-refractivity contribution in [2.75, 3.05) is 12.3 Å². The molecule has 0 bridgehead atoms. The number of amides is 1. The van der Waals surface area contributed by atoms with Crippen LogP contribution in [0.5, 0.6) is 0 Å². The SMILES string of the molecule is CC1(CNC(=O)c2cc(Cl)ccc2Br)CCCS1. The summed E-state index contributed by atoms with van der Waals surface area (Å²) < 4.78 is 0.953. The topological polar surface area (TPSA) is 29.1 Å². The second-order valence-electron chi connectivity index (χ2n) is 4.71. The molecule has 1 unspecified atom stereocenters. The molecule has 1 atom stereocenters. The summed E-state index contributed by atoms with van der Waals surface area (Å²) in [6, 6.07) is 5.24. The van der Waals surface area contributed by atoms with E-state index in [1.165, 1.54) is 12.2 Å². The maximum absolute atomic E-state index is 12.1. The van der Waals surface area contributed by atoms with Gasteiger partial charge in [-0.3, -0.25) is 4.79 Å². The van der Waals surface area contributed by atoms with E-state index in [-0.39, 0.29) is 10.7 Å². The van der Waals surface area contributed by atoms with Crippen molar-refractivity contribution in [1.29, 1.82) is 0 Å². The molecule has 98 valence electrons. The van der Waals surface area contributed by atoms with E-state index in [9.17, 15) is 4.79 Å². The first-order chi connectivity index (χ1) is 8.50. The Bertz CT molecular complexity index is 460. The normalized spacial score (nSPS) is 23.1. The molecule has 18 heavy (non-hydrogen) atoms. The van der Waals surface area contributed by atoms with Crippen molar-refractivity contribution in [3.8, 4) is 0 Å². The van der Waals surface area contributed by atoms with Crippen LogP contribution < -0.4 is 5.32 Å². The zero-order chi connectivity index (χ0) is 13.2. The molecular weight excluding hydrogens is 334 g/mol. The van der Waals surface area contributed by atoms with Gasteiger partial charge in [-0.05, 0) is 59.6 Å². The van der Waals surface area contributed by atoms with Crippen LogP contribution in [0, 0.1) is 0 Å². The highest BCUT2D eigenvalue weighted by atomic mass is 79.9. The van der Waals surface area contributed by atoms with Gasteiger partial charge < -0.3 is 5.32 Å². The van der Waals surface area contributed by atoms with E-state index < -0.39 is 0 Å². The molecule has 1 saturated heterocycles. The molecule has 0 radical (unpaired) electrons. The Morgan fingerprint density at radius 1 is 1.61 bits per heavy atom. The maximum atomic E-state index is 12.1. The molecule has 2 rings (SSSR count). The molecule has 1 amide bonds. The van der Waals surface area contributed by atoms with Crippen LogP contribution in [-0.2, 0) is 0 Å². The second kappa shape index (κ2) is 5.85. The number of benzene rings is 1. The van der Waals surface area contributed by atoms with Gasteiger partial charge in [0.05, 0.1) is 5.56 Å². The summed E-state index contributed by atoms with van der Waals surface area (Å²) in [4.78, 5) is 12.1. The van der Waals surface area contributed by atoms with Crippen LogP contribution >= 0.6 is 39.3 Å². The largest absolute Gasteiger partial charge is 0.351 e.